The molecule has 61 heavy (non-hydrogen) atoms. The molecule has 1 heterocycles. The highest BCUT2D eigenvalue weighted by Gasteiger charge is 2.40. The van der Waals surface area contributed by atoms with Gasteiger partial charge < -0.3 is 35.1 Å². The molecule has 5 rings (SSSR count). The van der Waals surface area contributed by atoms with Gasteiger partial charge in [-0.2, -0.15) is 0 Å². The topological polar surface area (TPSA) is 169 Å². The Morgan fingerprint density at radius 1 is 0.820 bits per heavy atom. The van der Waals surface area contributed by atoms with Gasteiger partial charge >= 0.3 is 18.0 Å². The number of unbranched alkanes of at least 4 members (excludes halogenated alkanes) is 1. The summed E-state index contributed by atoms with van der Waals surface area (Å²) in [6, 6.07) is 22.8. The van der Waals surface area contributed by atoms with Crippen LogP contribution in [0.5, 0.6) is 0 Å². The van der Waals surface area contributed by atoms with Gasteiger partial charge in [-0.3, -0.25) is 19.2 Å². The van der Waals surface area contributed by atoms with E-state index >= 15 is 0 Å². The predicted molar refractivity (Wildman–Crippen MR) is 231 cm³/mol. The molecule has 0 spiro atoms. The Balaban J connectivity index is 1.14. The third kappa shape index (κ3) is 13.1. The highest BCUT2D eigenvalue weighted by atomic mass is 16.6. The molecule has 1 fully saturated rings. The molecule has 3 N–H and O–H groups in total. The van der Waals surface area contributed by atoms with Crippen LogP contribution >= 0.6 is 0 Å². The summed E-state index contributed by atoms with van der Waals surface area (Å²) in [6.07, 6.45) is 2.06. The molecular formula is C48H62N4O9. The van der Waals surface area contributed by atoms with Gasteiger partial charge in [0.2, 0.25) is 17.7 Å². The first-order valence-electron chi connectivity index (χ1n) is 21.5. The van der Waals surface area contributed by atoms with Gasteiger partial charge in [0.1, 0.15) is 30.3 Å². The summed E-state index contributed by atoms with van der Waals surface area (Å²) in [4.78, 5) is 81.9. The lowest BCUT2D eigenvalue weighted by atomic mass is 9.94. The lowest BCUT2D eigenvalue weighted by Crippen LogP contribution is -2.56. The van der Waals surface area contributed by atoms with Gasteiger partial charge in [0, 0.05) is 19.0 Å². The number of rotatable bonds is 19. The number of benzene rings is 3. The van der Waals surface area contributed by atoms with Crippen molar-refractivity contribution >= 4 is 35.8 Å². The minimum Gasteiger partial charge on any atom is -0.467 e. The van der Waals surface area contributed by atoms with Gasteiger partial charge in [0.05, 0.1) is 19.4 Å². The molecule has 13 heteroatoms. The number of hydrogen-bond acceptors (Lipinski definition) is 9. The van der Waals surface area contributed by atoms with Gasteiger partial charge in [0.15, 0.2) is 0 Å². The SMILES string of the molecule is COC(=O)[C@H](CCCCNC(=O)OCC1c2ccccc2-c2ccccc21)NC(=O)[C@@H]1CCCN1C(=O)[C@H](CC(C)C)NC(=O)[C@@H](CC(=O)OC(C)(C)C)Cc1ccccc1. The number of hydrogen-bond donors (Lipinski definition) is 3. The van der Waals surface area contributed by atoms with Crippen LogP contribution in [0.2, 0.25) is 0 Å². The maximum absolute atomic E-state index is 14.2. The van der Waals surface area contributed by atoms with Crippen molar-refractivity contribution in [2.75, 3.05) is 26.8 Å². The maximum atomic E-state index is 14.2. The van der Waals surface area contributed by atoms with Crippen molar-refractivity contribution < 1.29 is 43.0 Å². The molecule has 0 saturated carbocycles. The smallest absolute Gasteiger partial charge is 0.407 e. The van der Waals surface area contributed by atoms with Crippen molar-refractivity contribution in [2.24, 2.45) is 11.8 Å². The molecule has 0 aromatic heterocycles. The summed E-state index contributed by atoms with van der Waals surface area (Å²) in [5.74, 6) is -3.30. The van der Waals surface area contributed by atoms with E-state index in [1.54, 1.807) is 20.8 Å². The highest BCUT2D eigenvalue weighted by molar-refractivity contribution is 5.95. The lowest BCUT2D eigenvalue weighted by Gasteiger charge is -2.31. The minimum atomic E-state index is -0.970. The fourth-order valence-corrected chi connectivity index (χ4v) is 8.20. The van der Waals surface area contributed by atoms with E-state index in [0.29, 0.717) is 45.2 Å². The molecule has 13 nitrogen and oxygen atoms in total. The Morgan fingerprint density at radius 2 is 1.46 bits per heavy atom. The number of nitrogens with zero attached hydrogens (tertiary/aromatic N) is 1. The number of nitrogens with one attached hydrogen (secondary N) is 3. The quantitative estimate of drug-likeness (QED) is 0.0697. The largest absolute Gasteiger partial charge is 0.467 e. The van der Waals surface area contributed by atoms with E-state index in [9.17, 15) is 28.8 Å². The Kier molecular flexibility index (Phi) is 16.5. The van der Waals surface area contributed by atoms with Gasteiger partial charge in [-0.25, -0.2) is 9.59 Å². The normalized spacial score (nSPS) is 16.1. The minimum absolute atomic E-state index is 0.0184. The number of alkyl carbamates (subject to hydrolysis) is 1. The Labute approximate surface area is 359 Å². The van der Waals surface area contributed by atoms with Crippen molar-refractivity contribution in [3.63, 3.8) is 0 Å². The molecule has 2 aliphatic rings. The Bertz CT molecular complexity index is 1950. The average Bonchev–Trinajstić information content (AvgIpc) is 3.84. The first-order valence-corrected chi connectivity index (χ1v) is 21.5. The Morgan fingerprint density at radius 3 is 2.08 bits per heavy atom. The van der Waals surface area contributed by atoms with Gasteiger partial charge in [-0.05, 0) is 99.5 Å². The van der Waals surface area contributed by atoms with E-state index in [2.05, 4.69) is 40.2 Å². The van der Waals surface area contributed by atoms with Crippen LogP contribution < -0.4 is 16.0 Å². The average molecular weight is 839 g/mol. The molecule has 1 aliphatic carbocycles. The molecule has 0 unspecified atom stereocenters. The van der Waals surface area contributed by atoms with Crippen LogP contribution in [0.1, 0.15) is 102 Å². The lowest BCUT2D eigenvalue weighted by molar-refractivity contribution is -0.157. The molecule has 1 aliphatic heterocycles. The van der Waals surface area contributed by atoms with E-state index < -0.39 is 65.4 Å². The predicted octanol–water partition coefficient (Wildman–Crippen LogP) is 6.47. The molecule has 328 valence electrons. The van der Waals surface area contributed by atoms with Crippen molar-refractivity contribution in [3.05, 3.63) is 95.6 Å². The number of fused-ring (bicyclic) bond motifs is 3. The third-order valence-electron chi connectivity index (χ3n) is 11.0. The molecule has 1 saturated heterocycles. The first kappa shape index (κ1) is 46.3. The molecule has 4 amide bonds. The fraction of sp³-hybridized carbons (Fsp3) is 0.500. The molecule has 3 aromatic rings. The van der Waals surface area contributed by atoms with Gasteiger partial charge in [-0.1, -0.05) is 92.7 Å². The standard InChI is InChI=1S/C48H62N4O9/c1-31(2)27-40(51-43(54)33(28-32-17-8-7-9-18-32)29-42(53)61-48(3,4)5)45(56)52-26-16-24-41(52)44(55)50-39(46(57)59-6)23-14-15-25-49-47(58)60-30-38-36-21-12-10-19-34(36)35-20-11-13-22-37(35)38/h7-13,17-22,31,33,38-41H,14-16,23-30H2,1-6H3,(H,49,58)(H,50,55)(H,51,54)/t33-,39+,40+,41+/m1/s1. The monoisotopic (exact) mass is 838 g/mol. The van der Waals surface area contributed by atoms with Crippen LogP contribution in [-0.4, -0.2) is 91.2 Å². The van der Waals surface area contributed by atoms with Crippen LogP contribution in [0, 0.1) is 11.8 Å². The summed E-state index contributed by atoms with van der Waals surface area (Å²) in [5.41, 5.74) is 4.67. The van der Waals surface area contributed by atoms with E-state index in [4.69, 9.17) is 14.2 Å². The number of carbonyl (C=O) groups is 6. The Hall–Kier alpha value is -5.72. The maximum Gasteiger partial charge on any atom is 0.407 e. The van der Waals surface area contributed by atoms with Crippen molar-refractivity contribution in [3.8, 4) is 11.1 Å². The highest BCUT2D eigenvalue weighted by Crippen LogP contribution is 2.44. The zero-order valence-corrected chi connectivity index (χ0v) is 36.4. The molecule has 4 atom stereocenters. The summed E-state index contributed by atoms with van der Waals surface area (Å²) < 4.78 is 16.2. The fourth-order valence-electron chi connectivity index (χ4n) is 8.20. The summed E-state index contributed by atoms with van der Waals surface area (Å²) in [5, 5.41) is 8.53. The van der Waals surface area contributed by atoms with Crippen LogP contribution in [-0.2, 0) is 44.6 Å². The second-order valence-corrected chi connectivity index (χ2v) is 17.4. The van der Waals surface area contributed by atoms with E-state index in [1.807, 2.05) is 68.4 Å². The van der Waals surface area contributed by atoms with E-state index in [-0.39, 0.29) is 37.7 Å². The second-order valence-electron chi connectivity index (χ2n) is 17.4. The number of likely N-dealkylation sites (tertiary alicyclic amines) is 1. The van der Waals surface area contributed by atoms with Crippen LogP contribution in [0.3, 0.4) is 0 Å². The van der Waals surface area contributed by atoms with E-state index in [0.717, 1.165) is 27.8 Å². The second kappa shape index (κ2) is 21.7. The van der Waals surface area contributed by atoms with Gasteiger partial charge in [0.25, 0.3) is 0 Å². The van der Waals surface area contributed by atoms with Crippen LogP contribution in [0.25, 0.3) is 11.1 Å². The van der Waals surface area contributed by atoms with Crippen molar-refractivity contribution in [2.45, 2.75) is 116 Å². The molecular weight excluding hydrogens is 777 g/mol. The van der Waals surface area contributed by atoms with E-state index in [1.165, 1.54) is 12.0 Å². The zero-order valence-electron chi connectivity index (χ0n) is 36.4. The molecule has 3 aromatic carbocycles. The number of methoxy groups -OCH3 is 1. The number of amides is 4. The van der Waals surface area contributed by atoms with Crippen LogP contribution in [0.15, 0.2) is 78.9 Å². The number of carbonyl (C=O) groups excluding carboxylic acids is 6. The zero-order chi connectivity index (χ0) is 44.1. The summed E-state index contributed by atoms with van der Waals surface area (Å²) >= 11 is 0. The third-order valence-corrected chi connectivity index (χ3v) is 11.0. The summed E-state index contributed by atoms with van der Waals surface area (Å²) in [7, 11) is 1.25. The van der Waals surface area contributed by atoms with Crippen molar-refractivity contribution in [1.29, 1.82) is 0 Å². The van der Waals surface area contributed by atoms with Gasteiger partial charge in [-0.15, -0.1) is 0 Å². The van der Waals surface area contributed by atoms with Crippen molar-refractivity contribution in [1.82, 2.24) is 20.9 Å². The summed E-state index contributed by atoms with van der Waals surface area (Å²) in [6.45, 7) is 9.98. The van der Waals surface area contributed by atoms with Crippen LogP contribution in [0.4, 0.5) is 4.79 Å². The number of esters is 2. The number of ether oxygens (including phenoxy) is 3. The first-order chi connectivity index (χ1) is 29.1. The molecule has 0 radical (unpaired) electrons. The molecule has 0 bridgehead atoms.